The SMILES string of the molecule is C#CCN(CCN(CCO)C(=O)CC)C(=O)CC. The summed E-state index contributed by atoms with van der Waals surface area (Å²) in [4.78, 5) is 26.3. The molecule has 0 saturated heterocycles. The normalized spacial score (nSPS) is 9.67. The highest BCUT2D eigenvalue weighted by molar-refractivity contribution is 5.77. The van der Waals surface area contributed by atoms with Gasteiger partial charge in [0.05, 0.1) is 13.2 Å². The molecule has 0 aliphatic heterocycles. The summed E-state index contributed by atoms with van der Waals surface area (Å²) in [7, 11) is 0. The first-order valence-corrected chi connectivity index (χ1v) is 6.20. The first kappa shape index (κ1) is 16.5. The lowest BCUT2D eigenvalue weighted by Gasteiger charge is -2.26. The average Bonchev–Trinajstić information content (AvgIpc) is 2.40. The second kappa shape index (κ2) is 9.49. The maximum Gasteiger partial charge on any atom is 0.223 e. The summed E-state index contributed by atoms with van der Waals surface area (Å²) in [5.41, 5.74) is 0. The zero-order valence-electron chi connectivity index (χ0n) is 11.2. The molecule has 5 nitrogen and oxygen atoms in total. The first-order chi connectivity index (χ1) is 8.60. The van der Waals surface area contributed by atoms with Crippen LogP contribution in [-0.2, 0) is 9.59 Å². The van der Waals surface area contributed by atoms with Crippen LogP contribution in [0, 0.1) is 12.3 Å². The van der Waals surface area contributed by atoms with Crippen LogP contribution in [0.5, 0.6) is 0 Å². The molecule has 0 rings (SSSR count). The van der Waals surface area contributed by atoms with Gasteiger partial charge in [-0.25, -0.2) is 0 Å². The van der Waals surface area contributed by atoms with Crippen molar-refractivity contribution in [1.82, 2.24) is 9.80 Å². The summed E-state index contributed by atoms with van der Waals surface area (Å²) < 4.78 is 0. The molecule has 0 bridgehead atoms. The zero-order chi connectivity index (χ0) is 14.0. The van der Waals surface area contributed by atoms with Crippen LogP contribution in [0.1, 0.15) is 26.7 Å². The fourth-order valence-electron chi connectivity index (χ4n) is 1.57. The van der Waals surface area contributed by atoms with Crippen molar-refractivity contribution in [3.05, 3.63) is 0 Å². The van der Waals surface area contributed by atoms with Crippen molar-refractivity contribution in [1.29, 1.82) is 0 Å². The Bertz CT molecular complexity index is 310. The molecule has 0 fully saturated rings. The van der Waals surface area contributed by atoms with Crippen LogP contribution in [-0.4, -0.2) is 59.5 Å². The van der Waals surface area contributed by atoms with Crippen LogP contribution in [0.25, 0.3) is 0 Å². The highest BCUT2D eigenvalue weighted by atomic mass is 16.3. The van der Waals surface area contributed by atoms with Gasteiger partial charge in [-0.2, -0.15) is 0 Å². The topological polar surface area (TPSA) is 60.9 Å². The molecule has 102 valence electrons. The lowest BCUT2D eigenvalue weighted by Crippen LogP contribution is -2.42. The summed E-state index contributed by atoms with van der Waals surface area (Å²) in [5, 5.41) is 8.90. The molecule has 0 aliphatic carbocycles. The molecule has 2 amide bonds. The highest BCUT2D eigenvalue weighted by Crippen LogP contribution is 1.98. The molecule has 0 atom stereocenters. The number of aliphatic hydroxyl groups excluding tert-OH is 1. The summed E-state index contributed by atoms with van der Waals surface area (Å²) in [6, 6.07) is 0. The molecule has 0 aromatic heterocycles. The fraction of sp³-hybridized carbons (Fsp3) is 0.692. The minimum atomic E-state index is -0.0808. The average molecular weight is 254 g/mol. The molecule has 0 spiro atoms. The lowest BCUT2D eigenvalue weighted by molar-refractivity contribution is -0.134. The van der Waals surface area contributed by atoms with E-state index in [0.717, 1.165) is 0 Å². The van der Waals surface area contributed by atoms with Crippen LogP contribution >= 0.6 is 0 Å². The van der Waals surface area contributed by atoms with E-state index < -0.39 is 0 Å². The van der Waals surface area contributed by atoms with Gasteiger partial charge in [0, 0.05) is 32.5 Å². The van der Waals surface area contributed by atoms with E-state index in [4.69, 9.17) is 11.5 Å². The molecule has 0 radical (unpaired) electrons. The fourth-order valence-corrected chi connectivity index (χ4v) is 1.57. The van der Waals surface area contributed by atoms with E-state index >= 15 is 0 Å². The minimum absolute atomic E-state index is 0.0270. The number of hydrogen-bond donors (Lipinski definition) is 1. The van der Waals surface area contributed by atoms with Gasteiger partial charge < -0.3 is 14.9 Å². The molecule has 18 heavy (non-hydrogen) atoms. The molecular weight excluding hydrogens is 232 g/mol. The minimum Gasteiger partial charge on any atom is -0.395 e. The number of terminal acetylenes is 1. The van der Waals surface area contributed by atoms with Crippen molar-refractivity contribution in [3.8, 4) is 12.3 Å². The number of nitrogens with zero attached hydrogens (tertiary/aromatic N) is 2. The molecule has 0 aromatic rings. The van der Waals surface area contributed by atoms with Crippen molar-refractivity contribution in [2.24, 2.45) is 0 Å². The quantitative estimate of drug-likeness (QED) is 0.624. The van der Waals surface area contributed by atoms with Gasteiger partial charge in [-0.1, -0.05) is 19.8 Å². The van der Waals surface area contributed by atoms with E-state index in [-0.39, 0.29) is 31.5 Å². The van der Waals surface area contributed by atoms with Crippen LogP contribution in [0.2, 0.25) is 0 Å². The van der Waals surface area contributed by atoms with Gasteiger partial charge >= 0.3 is 0 Å². The van der Waals surface area contributed by atoms with Crippen molar-refractivity contribution in [2.75, 3.05) is 32.8 Å². The van der Waals surface area contributed by atoms with Gasteiger partial charge in [-0.05, 0) is 0 Å². The van der Waals surface area contributed by atoms with Gasteiger partial charge in [0.1, 0.15) is 0 Å². The van der Waals surface area contributed by atoms with Crippen LogP contribution < -0.4 is 0 Å². The zero-order valence-corrected chi connectivity index (χ0v) is 11.2. The Labute approximate surface area is 109 Å². The van der Waals surface area contributed by atoms with E-state index in [1.165, 1.54) is 0 Å². The summed E-state index contributed by atoms with van der Waals surface area (Å²) in [6.07, 6.45) is 5.99. The summed E-state index contributed by atoms with van der Waals surface area (Å²) in [6.45, 7) is 4.81. The standard InChI is InChI=1S/C13H22N2O3/c1-4-7-14(12(17)5-2)8-9-15(10-11-16)13(18)6-3/h1,16H,5-11H2,2-3H3. The Morgan fingerprint density at radius 2 is 1.56 bits per heavy atom. The number of hydrogen-bond acceptors (Lipinski definition) is 3. The molecule has 0 heterocycles. The monoisotopic (exact) mass is 254 g/mol. The van der Waals surface area contributed by atoms with Crippen LogP contribution in [0.15, 0.2) is 0 Å². The van der Waals surface area contributed by atoms with E-state index in [1.54, 1.807) is 23.6 Å². The molecule has 0 saturated carbocycles. The van der Waals surface area contributed by atoms with Crippen LogP contribution in [0.4, 0.5) is 0 Å². The lowest BCUT2D eigenvalue weighted by atomic mass is 10.3. The molecule has 1 N–H and O–H groups in total. The van der Waals surface area contributed by atoms with Crippen molar-refractivity contribution < 1.29 is 14.7 Å². The molecule has 0 aliphatic rings. The number of rotatable bonds is 8. The Kier molecular flexibility index (Phi) is 8.67. The second-order valence-corrected chi connectivity index (χ2v) is 3.83. The molecular formula is C13H22N2O3. The van der Waals surface area contributed by atoms with Gasteiger partial charge in [0.2, 0.25) is 11.8 Å². The number of aliphatic hydroxyl groups is 1. The first-order valence-electron chi connectivity index (χ1n) is 6.20. The third kappa shape index (κ3) is 5.69. The van der Waals surface area contributed by atoms with Crippen molar-refractivity contribution in [3.63, 3.8) is 0 Å². The number of amides is 2. The Hall–Kier alpha value is -1.54. The maximum absolute atomic E-state index is 11.6. The van der Waals surface area contributed by atoms with E-state index in [0.29, 0.717) is 25.9 Å². The smallest absolute Gasteiger partial charge is 0.223 e. The van der Waals surface area contributed by atoms with E-state index in [1.807, 2.05) is 0 Å². The molecule has 5 heteroatoms. The summed E-state index contributed by atoms with van der Waals surface area (Å²) in [5.74, 6) is 2.37. The predicted molar refractivity (Wildman–Crippen MR) is 69.7 cm³/mol. The van der Waals surface area contributed by atoms with Crippen molar-refractivity contribution >= 4 is 11.8 Å². The second-order valence-electron chi connectivity index (χ2n) is 3.83. The Balaban J connectivity index is 4.41. The van der Waals surface area contributed by atoms with Gasteiger partial charge in [-0.15, -0.1) is 6.42 Å². The largest absolute Gasteiger partial charge is 0.395 e. The van der Waals surface area contributed by atoms with E-state index in [9.17, 15) is 9.59 Å². The number of carbonyl (C=O) groups excluding carboxylic acids is 2. The Morgan fingerprint density at radius 3 is 2.00 bits per heavy atom. The van der Waals surface area contributed by atoms with Crippen LogP contribution in [0.3, 0.4) is 0 Å². The highest BCUT2D eigenvalue weighted by Gasteiger charge is 2.15. The third-order valence-electron chi connectivity index (χ3n) is 2.60. The Morgan fingerprint density at radius 1 is 1.06 bits per heavy atom. The molecule has 0 unspecified atom stereocenters. The van der Waals surface area contributed by atoms with Gasteiger partial charge in [0.25, 0.3) is 0 Å². The summed E-state index contributed by atoms with van der Waals surface area (Å²) >= 11 is 0. The third-order valence-corrected chi connectivity index (χ3v) is 2.60. The maximum atomic E-state index is 11.6. The van der Waals surface area contributed by atoms with Gasteiger partial charge in [0.15, 0.2) is 0 Å². The predicted octanol–water partition coefficient (Wildman–Crippen LogP) is 0.0891. The van der Waals surface area contributed by atoms with Gasteiger partial charge in [-0.3, -0.25) is 9.59 Å². The van der Waals surface area contributed by atoms with Crippen molar-refractivity contribution in [2.45, 2.75) is 26.7 Å². The van der Waals surface area contributed by atoms with E-state index in [2.05, 4.69) is 5.92 Å². The molecule has 0 aromatic carbocycles. The number of carbonyl (C=O) groups is 2.